The second kappa shape index (κ2) is 8.87. The number of nitrogens with zero attached hydrogens (tertiary/aromatic N) is 2. The first-order valence-corrected chi connectivity index (χ1v) is 8.80. The molecule has 1 aliphatic rings. The number of carbonyl (C=O) groups is 3. The summed E-state index contributed by atoms with van der Waals surface area (Å²) in [6, 6.07) is 14.3. The van der Waals surface area contributed by atoms with E-state index in [4.69, 9.17) is 24.5 Å². The van der Waals surface area contributed by atoms with Crippen molar-refractivity contribution in [1.29, 1.82) is 0 Å². The summed E-state index contributed by atoms with van der Waals surface area (Å²) in [6.45, 7) is 1.47. The molecule has 29 heavy (non-hydrogen) atoms. The predicted octanol–water partition coefficient (Wildman–Crippen LogP) is 2.41. The zero-order chi connectivity index (χ0) is 20.8. The minimum Gasteiger partial charge on any atom is -0.473 e. The minimum atomic E-state index is -1.82. The number of carboxylic acid groups (broad SMARTS) is 2. The first-order chi connectivity index (χ1) is 13.9. The van der Waals surface area contributed by atoms with Gasteiger partial charge < -0.3 is 24.8 Å². The van der Waals surface area contributed by atoms with Gasteiger partial charge in [-0.2, -0.15) is 0 Å². The van der Waals surface area contributed by atoms with Gasteiger partial charge in [-0.15, -0.1) is 0 Å². The van der Waals surface area contributed by atoms with Crippen molar-refractivity contribution in [2.24, 2.45) is 0 Å². The molecule has 0 spiro atoms. The highest BCUT2D eigenvalue weighted by Crippen LogP contribution is 2.18. The molecular formula is C20H19N3O6. The van der Waals surface area contributed by atoms with Crippen LogP contribution >= 0.6 is 0 Å². The maximum Gasteiger partial charge on any atom is 0.414 e. The van der Waals surface area contributed by atoms with E-state index in [1.807, 2.05) is 18.2 Å². The summed E-state index contributed by atoms with van der Waals surface area (Å²) in [5, 5.41) is 17.1. The first-order valence-electron chi connectivity index (χ1n) is 8.80. The third-order valence-corrected chi connectivity index (χ3v) is 4.39. The Hall–Kier alpha value is -3.88. The van der Waals surface area contributed by atoms with E-state index in [1.165, 1.54) is 5.39 Å². The fourth-order valence-electron chi connectivity index (χ4n) is 2.93. The average Bonchev–Trinajstić information content (AvgIpc) is 3.20. The molecule has 150 valence electrons. The van der Waals surface area contributed by atoms with E-state index >= 15 is 0 Å². The van der Waals surface area contributed by atoms with Crippen LogP contribution in [-0.4, -0.2) is 49.7 Å². The number of fused-ring (bicyclic) bond motifs is 2. The molecule has 0 bridgehead atoms. The predicted molar refractivity (Wildman–Crippen MR) is 102 cm³/mol. The number of imidazole rings is 1. The number of carbonyl (C=O) groups excluding carboxylic acids is 1. The lowest BCUT2D eigenvalue weighted by Gasteiger charge is -2.25. The van der Waals surface area contributed by atoms with Gasteiger partial charge >= 0.3 is 18.0 Å². The summed E-state index contributed by atoms with van der Waals surface area (Å²) in [6.07, 6.45) is 2.16. The van der Waals surface area contributed by atoms with Crippen LogP contribution in [0.4, 0.5) is 4.79 Å². The Balaban J connectivity index is 0.000000353. The summed E-state index contributed by atoms with van der Waals surface area (Å²) < 4.78 is 5.46. The second-order valence-corrected chi connectivity index (χ2v) is 6.35. The van der Waals surface area contributed by atoms with E-state index < -0.39 is 11.9 Å². The zero-order valence-corrected chi connectivity index (χ0v) is 15.4. The van der Waals surface area contributed by atoms with Gasteiger partial charge in [-0.05, 0) is 22.4 Å². The minimum absolute atomic E-state index is 0.279. The number of aliphatic carboxylic acids is 2. The molecule has 1 aliphatic heterocycles. The normalized spacial score (nSPS) is 12.5. The van der Waals surface area contributed by atoms with Gasteiger partial charge in [-0.25, -0.2) is 19.4 Å². The van der Waals surface area contributed by atoms with E-state index in [-0.39, 0.29) is 12.7 Å². The lowest BCUT2D eigenvalue weighted by molar-refractivity contribution is -0.159. The van der Waals surface area contributed by atoms with Gasteiger partial charge in [-0.3, -0.25) is 0 Å². The van der Waals surface area contributed by atoms with Gasteiger partial charge in [0, 0.05) is 13.0 Å². The summed E-state index contributed by atoms with van der Waals surface area (Å²) in [5.74, 6) is -3.65. The van der Waals surface area contributed by atoms with Crippen molar-refractivity contribution in [2.75, 3.05) is 6.54 Å². The van der Waals surface area contributed by atoms with Crippen molar-refractivity contribution in [1.82, 2.24) is 14.9 Å². The van der Waals surface area contributed by atoms with Crippen molar-refractivity contribution >= 4 is 28.8 Å². The molecule has 0 aliphatic carbocycles. The summed E-state index contributed by atoms with van der Waals surface area (Å²) in [7, 11) is 0. The molecule has 0 atom stereocenters. The van der Waals surface area contributed by atoms with Gasteiger partial charge in [0.1, 0.15) is 6.61 Å². The largest absolute Gasteiger partial charge is 0.473 e. The summed E-state index contributed by atoms with van der Waals surface area (Å²) in [4.78, 5) is 39.5. The molecule has 2 heterocycles. The molecule has 4 rings (SSSR count). The molecule has 1 amide bonds. The van der Waals surface area contributed by atoms with E-state index in [0.29, 0.717) is 13.1 Å². The maximum atomic E-state index is 12.2. The Morgan fingerprint density at radius 2 is 1.79 bits per heavy atom. The Morgan fingerprint density at radius 3 is 2.52 bits per heavy atom. The highest BCUT2D eigenvalue weighted by atomic mass is 16.6. The van der Waals surface area contributed by atoms with Crippen LogP contribution in [0.15, 0.2) is 48.8 Å². The molecule has 9 heteroatoms. The third-order valence-electron chi connectivity index (χ3n) is 4.39. The van der Waals surface area contributed by atoms with E-state index in [0.717, 1.165) is 28.8 Å². The Morgan fingerprint density at radius 1 is 1.07 bits per heavy atom. The SMILES string of the molecule is O=C(O)C(=O)O.O=C(OCc1ccc2ccccc2c1)N1CCc2nc[nH]c2C1. The van der Waals surface area contributed by atoms with Crippen molar-refractivity contribution in [3.8, 4) is 0 Å². The summed E-state index contributed by atoms with van der Waals surface area (Å²) in [5.41, 5.74) is 3.04. The number of hydrogen-bond acceptors (Lipinski definition) is 5. The fourth-order valence-corrected chi connectivity index (χ4v) is 2.93. The van der Waals surface area contributed by atoms with Gasteiger partial charge in [-0.1, -0.05) is 36.4 Å². The Labute approximate surface area is 165 Å². The molecule has 9 nitrogen and oxygen atoms in total. The van der Waals surface area contributed by atoms with E-state index in [9.17, 15) is 4.79 Å². The monoisotopic (exact) mass is 397 g/mol. The quantitative estimate of drug-likeness (QED) is 0.566. The Kier molecular flexibility index (Phi) is 6.08. The number of carboxylic acids is 2. The van der Waals surface area contributed by atoms with Crippen molar-refractivity contribution in [3.63, 3.8) is 0 Å². The van der Waals surface area contributed by atoms with Gasteiger partial charge in [0.2, 0.25) is 0 Å². The topological polar surface area (TPSA) is 133 Å². The van der Waals surface area contributed by atoms with Gasteiger partial charge in [0.25, 0.3) is 0 Å². The van der Waals surface area contributed by atoms with Crippen molar-refractivity contribution in [2.45, 2.75) is 19.6 Å². The van der Waals surface area contributed by atoms with Gasteiger partial charge in [0.05, 0.1) is 24.3 Å². The lowest BCUT2D eigenvalue weighted by atomic mass is 10.1. The molecule has 1 aromatic heterocycles. The molecular weight excluding hydrogens is 378 g/mol. The molecule has 0 saturated carbocycles. The van der Waals surface area contributed by atoms with Crippen LogP contribution in [0.2, 0.25) is 0 Å². The number of ether oxygens (including phenoxy) is 1. The molecule has 0 unspecified atom stereocenters. The smallest absolute Gasteiger partial charge is 0.414 e. The average molecular weight is 397 g/mol. The number of nitrogens with one attached hydrogen (secondary N) is 1. The highest BCUT2D eigenvalue weighted by molar-refractivity contribution is 6.27. The number of hydrogen-bond donors (Lipinski definition) is 3. The molecule has 2 aromatic carbocycles. The van der Waals surface area contributed by atoms with E-state index in [1.54, 1.807) is 11.2 Å². The van der Waals surface area contributed by atoms with Crippen LogP contribution in [0.5, 0.6) is 0 Å². The summed E-state index contributed by atoms with van der Waals surface area (Å²) >= 11 is 0. The first kappa shape index (κ1) is 19.9. The number of benzene rings is 2. The van der Waals surface area contributed by atoms with Crippen LogP contribution in [0, 0.1) is 0 Å². The third kappa shape index (κ3) is 5.10. The maximum absolute atomic E-state index is 12.2. The molecule has 0 fully saturated rings. The number of H-pyrrole nitrogens is 1. The number of aromatic nitrogens is 2. The molecule has 3 N–H and O–H groups in total. The molecule has 3 aromatic rings. The number of amides is 1. The number of aromatic amines is 1. The van der Waals surface area contributed by atoms with Crippen LogP contribution < -0.4 is 0 Å². The van der Waals surface area contributed by atoms with Crippen LogP contribution in [0.1, 0.15) is 17.0 Å². The van der Waals surface area contributed by atoms with Crippen molar-refractivity contribution < 1.29 is 29.3 Å². The Bertz CT molecular complexity index is 1030. The van der Waals surface area contributed by atoms with Gasteiger partial charge in [0.15, 0.2) is 0 Å². The highest BCUT2D eigenvalue weighted by Gasteiger charge is 2.23. The standard InChI is InChI=1S/C18H17N3O2.C2H2O4/c22-18(21-8-7-16-17(10-21)20-12-19-16)23-11-13-5-6-14-3-1-2-4-15(14)9-13;3-1(4)2(5)6/h1-6,9,12H,7-8,10-11H2,(H,19,20);(H,3,4)(H,5,6). The molecule has 0 radical (unpaired) electrons. The van der Waals surface area contributed by atoms with Crippen molar-refractivity contribution in [3.05, 3.63) is 65.7 Å². The second-order valence-electron chi connectivity index (χ2n) is 6.35. The van der Waals surface area contributed by atoms with Crippen LogP contribution in [0.3, 0.4) is 0 Å². The number of rotatable bonds is 2. The molecule has 0 saturated heterocycles. The zero-order valence-electron chi connectivity index (χ0n) is 15.4. The lowest BCUT2D eigenvalue weighted by Crippen LogP contribution is -2.36. The van der Waals surface area contributed by atoms with Crippen LogP contribution in [0.25, 0.3) is 10.8 Å². The fraction of sp³-hybridized carbons (Fsp3) is 0.200. The van der Waals surface area contributed by atoms with Crippen LogP contribution in [-0.2, 0) is 33.9 Å². The van der Waals surface area contributed by atoms with E-state index in [2.05, 4.69) is 34.2 Å².